The number of rotatable bonds is 8. The molecule has 0 saturated carbocycles. The van der Waals surface area contributed by atoms with Gasteiger partial charge in [0.25, 0.3) is 0 Å². The summed E-state index contributed by atoms with van der Waals surface area (Å²) < 4.78 is 20.7. The molecule has 2 aliphatic rings. The Balaban J connectivity index is 1.11. The first-order valence-electron chi connectivity index (χ1n) is 14.8. The third kappa shape index (κ3) is 4.99. The number of anilines is 1. The van der Waals surface area contributed by atoms with Crippen molar-refractivity contribution in [2.45, 2.75) is 18.9 Å². The molecule has 6 aromatic rings. The molecule has 0 radical (unpaired) electrons. The zero-order chi connectivity index (χ0) is 29.6. The van der Waals surface area contributed by atoms with Crippen LogP contribution in [0.5, 0.6) is 5.75 Å². The van der Waals surface area contributed by atoms with Crippen molar-refractivity contribution in [1.29, 1.82) is 0 Å². The van der Waals surface area contributed by atoms with Crippen LogP contribution in [0.15, 0.2) is 55.1 Å². The number of aromatic amines is 2. The van der Waals surface area contributed by atoms with Gasteiger partial charge in [-0.25, -0.2) is 19.3 Å². The third-order valence-corrected chi connectivity index (χ3v) is 8.23. The van der Waals surface area contributed by atoms with Gasteiger partial charge in [0.1, 0.15) is 40.9 Å². The summed E-state index contributed by atoms with van der Waals surface area (Å²) in [5.41, 5.74) is 11.2. The quantitative estimate of drug-likeness (QED) is 0.239. The fourth-order valence-electron chi connectivity index (χ4n) is 5.92. The van der Waals surface area contributed by atoms with Crippen LogP contribution in [0.4, 0.5) is 10.2 Å². The fraction of sp³-hybridized carbons (Fsp3) is 0.290. The topological polar surface area (TPSA) is 151 Å². The Morgan fingerprint density at radius 3 is 2.75 bits per heavy atom. The number of halogens is 1. The lowest BCUT2D eigenvalue weighted by Gasteiger charge is -2.37. The van der Waals surface area contributed by atoms with Gasteiger partial charge < -0.3 is 20.4 Å². The number of imidazole rings is 1. The molecule has 2 fully saturated rings. The number of nitrogens with zero attached hydrogens (tertiary/aromatic N) is 8. The Bertz CT molecular complexity index is 1980. The summed E-state index contributed by atoms with van der Waals surface area (Å²) in [6.45, 7) is 5.02. The normalized spacial score (nSPS) is 15.8. The molecule has 2 saturated heterocycles. The molecule has 0 atom stereocenters. The van der Waals surface area contributed by atoms with Crippen LogP contribution in [-0.2, 0) is 0 Å². The van der Waals surface area contributed by atoms with Gasteiger partial charge in [-0.2, -0.15) is 5.10 Å². The highest BCUT2D eigenvalue weighted by Gasteiger charge is 2.25. The highest BCUT2D eigenvalue weighted by atomic mass is 19.1. The van der Waals surface area contributed by atoms with Crippen LogP contribution in [0.3, 0.4) is 0 Å². The van der Waals surface area contributed by atoms with Gasteiger partial charge in [0.05, 0.1) is 29.8 Å². The number of benzene rings is 1. The molecule has 7 heterocycles. The predicted octanol–water partition coefficient (Wildman–Crippen LogP) is 3.78. The average Bonchev–Trinajstić information content (AvgIpc) is 3.78. The van der Waals surface area contributed by atoms with Crippen LogP contribution in [0.2, 0.25) is 0 Å². The molecule has 222 valence electrons. The third-order valence-electron chi connectivity index (χ3n) is 8.23. The Labute approximate surface area is 251 Å². The van der Waals surface area contributed by atoms with Crippen molar-refractivity contribution in [2.75, 3.05) is 44.2 Å². The number of hydrogen-bond donors (Lipinski definition) is 3. The fourth-order valence-corrected chi connectivity index (χ4v) is 5.92. The van der Waals surface area contributed by atoms with Crippen molar-refractivity contribution in [3.05, 3.63) is 60.9 Å². The van der Waals surface area contributed by atoms with Gasteiger partial charge in [-0.1, -0.05) is 0 Å². The standard InChI is InChI=1S/C31H30FN11O/c32-19-9-18(10-21(11-19)44-8-7-42-5-1-2-6-42)22-3-4-35-30-28(22)38-31(39-30)29-23-12-24(36-14-25(23)40-41-29)26-13-34-15-27(37-26)43-16-20(33)17-43/h3-4,9-15,20H,1-2,5-8,16-17,33H2,(H,40,41)(H,35,38,39). The number of pyridine rings is 2. The number of fused-ring (bicyclic) bond motifs is 2. The Hall–Kier alpha value is -5.01. The van der Waals surface area contributed by atoms with Crippen molar-refractivity contribution in [1.82, 2.24) is 45.0 Å². The van der Waals surface area contributed by atoms with Crippen molar-refractivity contribution in [2.24, 2.45) is 5.73 Å². The van der Waals surface area contributed by atoms with Gasteiger partial charge in [0.15, 0.2) is 11.5 Å². The van der Waals surface area contributed by atoms with Crippen LogP contribution in [0.25, 0.3) is 56.1 Å². The zero-order valence-electron chi connectivity index (χ0n) is 23.9. The molecule has 8 rings (SSSR count). The number of nitrogens with two attached hydrogens (primary N) is 1. The van der Waals surface area contributed by atoms with E-state index in [-0.39, 0.29) is 11.9 Å². The van der Waals surface area contributed by atoms with E-state index >= 15 is 0 Å². The molecular formula is C31H30FN11O. The van der Waals surface area contributed by atoms with Gasteiger partial charge >= 0.3 is 0 Å². The molecule has 2 aliphatic heterocycles. The van der Waals surface area contributed by atoms with Crippen LogP contribution < -0.4 is 15.4 Å². The SMILES string of the molecule is NC1CN(c2cncc(-c3cc4c(-c5nc6c(-c7cc(F)cc(OCCN8CCCC8)c7)ccnc6[nH]5)n[nH]c4cn3)n2)C1. The molecular weight excluding hydrogens is 561 g/mol. The minimum atomic E-state index is -0.373. The zero-order valence-corrected chi connectivity index (χ0v) is 23.9. The van der Waals surface area contributed by atoms with E-state index in [2.05, 4.69) is 39.9 Å². The lowest BCUT2D eigenvalue weighted by Crippen LogP contribution is -2.56. The summed E-state index contributed by atoms with van der Waals surface area (Å²) in [5, 5.41) is 8.40. The maximum absolute atomic E-state index is 14.8. The summed E-state index contributed by atoms with van der Waals surface area (Å²) in [4.78, 5) is 30.9. The Morgan fingerprint density at radius 2 is 1.89 bits per heavy atom. The van der Waals surface area contributed by atoms with Crippen LogP contribution in [0.1, 0.15) is 12.8 Å². The molecule has 0 bridgehead atoms. The second-order valence-electron chi connectivity index (χ2n) is 11.3. The molecule has 5 aromatic heterocycles. The summed E-state index contributed by atoms with van der Waals surface area (Å²) in [6, 6.07) is 8.66. The summed E-state index contributed by atoms with van der Waals surface area (Å²) >= 11 is 0. The highest BCUT2D eigenvalue weighted by molar-refractivity contribution is 5.96. The first-order chi connectivity index (χ1) is 21.6. The first kappa shape index (κ1) is 26.6. The Morgan fingerprint density at radius 1 is 1.00 bits per heavy atom. The van der Waals surface area contributed by atoms with Crippen LogP contribution in [-0.4, -0.2) is 90.4 Å². The smallest absolute Gasteiger partial charge is 0.160 e. The second kappa shape index (κ2) is 10.9. The van der Waals surface area contributed by atoms with E-state index in [0.29, 0.717) is 52.0 Å². The summed E-state index contributed by atoms with van der Waals surface area (Å²) in [6.07, 6.45) is 9.27. The molecule has 0 aliphatic carbocycles. The summed E-state index contributed by atoms with van der Waals surface area (Å²) in [7, 11) is 0. The minimum Gasteiger partial charge on any atom is -0.492 e. The lowest BCUT2D eigenvalue weighted by molar-refractivity contribution is 0.237. The predicted molar refractivity (Wildman–Crippen MR) is 165 cm³/mol. The van der Waals surface area contributed by atoms with Crippen molar-refractivity contribution >= 4 is 27.9 Å². The molecule has 1 aromatic carbocycles. The monoisotopic (exact) mass is 591 g/mol. The van der Waals surface area contributed by atoms with E-state index < -0.39 is 0 Å². The van der Waals surface area contributed by atoms with Gasteiger partial charge in [-0.05, 0) is 55.8 Å². The highest BCUT2D eigenvalue weighted by Crippen LogP contribution is 2.33. The molecule has 0 spiro atoms. The number of H-pyrrole nitrogens is 2. The van der Waals surface area contributed by atoms with E-state index in [1.807, 2.05) is 18.2 Å². The first-order valence-corrected chi connectivity index (χ1v) is 14.8. The van der Waals surface area contributed by atoms with E-state index in [0.717, 1.165) is 55.0 Å². The molecule has 44 heavy (non-hydrogen) atoms. The van der Waals surface area contributed by atoms with E-state index in [9.17, 15) is 4.39 Å². The number of ether oxygens (including phenoxy) is 1. The van der Waals surface area contributed by atoms with Crippen molar-refractivity contribution in [3.63, 3.8) is 0 Å². The summed E-state index contributed by atoms with van der Waals surface area (Å²) in [5.74, 6) is 1.41. The number of hydrogen-bond acceptors (Lipinski definition) is 10. The number of nitrogens with one attached hydrogen (secondary N) is 2. The van der Waals surface area contributed by atoms with Gasteiger partial charge in [-0.3, -0.25) is 20.0 Å². The van der Waals surface area contributed by atoms with Crippen molar-refractivity contribution < 1.29 is 9.13 Å². The lowest BCUT2D eigenvalue weighted by atomic mass is 10.1. The van der Waals surface area contributed by atoms with E-state index in [4.69, 9.17) is 20.4 Å². The van der Waals surface area contributed by atoms with Gasteiger partial charge in [0.2, 0.25) is 0 Å². The van der Waals surface area contributed by atoms with Crippen LogP contribution in [0, 0.1) is 5.82 Å². The van der Waals surface area contributed by atoms with Gasteiger partial charge in [-0.15, -0.1) is 0 Å². The maximum atomic E-state index is 14.8. The maximum Gasteiger partial charge on any atom is 0.160 e. The van der Waals surface area contributed by atoms with Crippen molar-refractivity contribution in [3.8, 4) is 39.8 Å². The molecule has 13 heteroatoms. The van der Waals surface area contributed by atoms with E-state index in [1.54, 1.807) is 24.8 Å². The van der Waals surface area contributed by atoms with Crippen LogP contribution >= 0.6 is 0 Å². The molecule has 4 N–H and O–H groups in total. The molecule has 12 nitrogen and oxygen atoms in total. The second-order valence-corrected chi connectivity index (χ2v) is 11.3. The van der Waals surface area contributed by atoms with Gasteiger partial charge in [0, 0.05) is 48.9 Å². The average molecular weight is 592 g/mol. The molecule has 0 amide bonds. The number of aromatic nitrogens is 8. The largest absolute Gasteiger partial charge is 0.492 e. The van der Waals surface area contributed by atoms with E-state index in [1.165, 1.54) is 25.0 Å². The Kier molecular flexibility index (Phi) is 6.60. The molecule has 0 unspecified atom stereocenters. The number of likely N-dealkylation sites (tertiary alicyclic amines) is 1. The minimum absolute atomic E-state index is 0.156.